The van der Waals surface area contributed by atoms with Crippen molar-refractivity contribution in [1.82, 2.24) is 20.3 Å². The van der Waals surface area contributed by atoms with Crippen molar-refractivity contribution in [2.24, 2.45) is 0 Å². The van der Waals surface area contributed by atoms with E-state index in [0.717, 1.165) is 16.6 Å². The number of para-hydroxylation sites is 1. The molecule has 0 fully saturated rings. The number of rotatable bonds is 8. The van der Waals surface area contributed by atoms with Crippen LogP contribution >= 0.6 is 0 Å². The van der Waals surface area contributed by atoms with Crippen LogP contribution in [-0.2, 0) is 20.9 Å². The van der Waals surface area contributed by atoms with E-state index >= 15 is 0 Å². The molecule has 0 unspecified atom stereocenters. The highest BCUT2D eigenvalue weighted by molar-refractivity contribution is 5.99. The summed E-state index contributed by atoms with van der Waals surface area (Å²) >= 11 is 0. The average molecular weight is 381 g/mol. The molecule has 0 radical (unpaired) electrons. The molecule has 0 aliphatic carbocycles. The van der Waals surface area contributed by atoms with Gasteiger partial charge in [-0.25, -0.2) is 4.68 Å². The van der Waals surface area contributed by atoms with E-state index in [2.05, 4.69) is 15.6 Å². The van der Waals surface area contributed by atoms with Crippen LogP contribution in [0.25, 0.3) is 11.0 Å². The maximum Gasteiger partial charge on any atom is 0.249 e. The molecule has 0 aliphatic rings. The van der Waals surface area contributed by atoms with E-state index in [-0.39, 0.29) is 24.9 Å². The minimum absolute atomic E-state index is 0.0141. The van der Waals surface area contributed by atoms with Gasteiger partial charge in [0.25, 0.3) is 0 Å². The van der Waals surface area contributed by atoms with E-state index in [9.17, 15) is 9.59 Å². The van der Waals surface area contributed by atoms with Crippen LogP contribution in [0.15, 0.2) is 48.5 Å². The monoisotopic (exact) mass is 381 g/mol. The van der Waals surface area contributed by atoms with Gasteiger partial charge in [-0.2, -0.15) is 0 Å². The number of nitrogens with one attached hydrogen (secondary N) is 1. The summed E-state index contributed by atoms with van der Waals surface area (Å²) in [7, 11) is 1.57. The van der Waals surface area contributed by atoms with E-state index in [4.69, 9.17) is 4.74 Å². The zero-order valence-corrected chi connectivity index (χ0v) is 16.0. The van der Waals surface area contributed by atoms with Gasteiger partial charge < -0.3 is 15.0 Å². The minimum Gasteiger partial charge on any atom is -0.383 e. The highest BCUT2D eigenvalue weighted by atomic mass is 16.5. The topological polar surface area (TPSA) is 89.4 Å². The first kappa shape index (κ1) is 19.5. The lowest BCUT2D eigenvalue weighted by Gasteiger charge is -2.22. The number of anilines is 1. The number of aryl methyl sites for hydroxylation is 1. The van der Waals surface area contributed by atoms with Crippen molar-refractivity contribution in [3.05, 3.63) is 54.1 Å². The summed E-state index contributed by atoms with van der Waals surface area (Å²) in [5.74, 6) is -0.504. The standard InChI is InChI=1S/C20H23N5O3/c1-15-7-9-16(10-8-15)24(13-19(26)21-11-12-28-2)20(27)14-25-18-6-4-3-5-17(18)22-23-25/h3-10H,11-14H2,1-2H3,(H,21,26). The number of ether oxygens (including phenoxy) is 1. The molecule has 0 aliphatic heterocycles. The predicted octanol–water partition coefficient (Wildman–Crippen LogP) is 1.54. The Kier molecular flexibility index (Phi) is 6.33. The first-order valence-corrected chi connectivity index (χ1v) is 8.99. The van der Waals surface area contributed by atoms with E-state index in [1.807, 2.05) is 55.5 Å². The normalized spacial score (nSPS) is 10.8. The molecule has 0 saturated carbocycles. The molecule has 1 heterocycles. The molecule has 146 valence electrons. The van der Waals surface area contributed by atoms with Gasteiger partial charge in [0.05, 0.1) is 12.1 Å². The Hall–Kier alpha value is -3.26. The molecule has 0 saturated heterocycles. The number of carbonyl (C=O) groups excluding carboxylic acids is 2. The maximum atomic E-state index is 13.0. The third kappa shape index (κ3) is 4.72. The van der Waals surface area contributed by atoms with Crippen LogP contribution < -0.4 is 10.2 Å². The number of benzene rings is 2. The molecule has 2 aromatic carbocycles. The molecular weight excluding hydrogens is 358 g/mol. The summed E-state index contributed by atoms with van der Waals surface area (Å²) in [5, 5.41) is 10.9. The lowest BCUT2D eigenvalue weighted by molar-refractivity contribution is -0.124. The highest BCUT2D eigenvalue weighted by Crippen LogP contribution is 2.17. The molecule has 3 aromatic rings. The van der Waals surface area contributed by atoms with Gasteiger partial charge in [-0.15, -0.1) is 5.10 Å². The molecule has 8 heteroatoms. The molecule has 0 atom stereocenters. The third-order valence-corrected chi connectivity index (χ3v) is 4.28. The van der Waals surface area contributed by atoms with Gasteiger partial charge >= 0.3 is 0 Å². The van der Waals surface area contributed by atoms with Crippen LogP contribution in [0.5, 0.6) is 0 Å². The number of fused-ring (bicyclic) bond motifs is 1. The quantitative estimate of drug-likeness (QED) is 0.598. The number of amides is 2. The van der Waals surface area contributed by atoms with Crippen molar-refractivity contribution < 1.29 is 14.3 Å². The molecule has 1 aromatic heterocycles. The van der Waals surface area contributed by atoms with Gasteiger partial charge in [-0.1, -0.05) is 35.0 Å². The average Bonchev–Trinajstić information content (AvgIpc) is 3.10. The predicted molar refractivity (Wildman–Crippen MR) is 106 cm³/mol. The van der Waals surface area contributed by atoms with Crippen molar-refractivity contribution in [2.75, 3.05) is 31.7 Å². The molecule has 1 N–H and O–H groups in total. The molecule has 28 heavy (non-hydrogen) atoms. The van der Waals surface area contributed by atoms with E-state index < -0.39 is 0 Å². The number of methoxy groups -OCH3 is 1. The summed E-state index contributed by atoms with van der Waals surface area (Å²) in [4.78, 5) is 26.8. The zero-order valence-electron chi connectivity index (χ0n) is 16.0. The summed E-state index contributed by atoms with van der Waals surface area (Å²) in [6, 6.07) is 14.9. The summed E-state index contributed by atoms with van der Waals surface area (Å²) < 4.78 is 6.48. The number of hydrogen-bond acceptors (Lipinski definition) is 5. The Morgan fingerprint density at radius 2 is 1.89 bits per heavy atom. The highest BCUT2D eigenvalue weighted by Gasteiger charge is 2.20. The molecule has 3 rings (SSSR count). The van der Waals surface area contributed by atoms with Crippen LogP contribution in [0.1, 0.15) is 5.56 Å². The van der Waals surface area contributed by atoms with Crippen LogP contribution in [0.2, 0.25) is 0 Å². The van der Waals surface area contributed by atoms with Crippen LogP contribution in [0.3, 0.4) is 0 Å². The largest absolute Gasteiger partial charge is 0.383 e. The van der Waals surface area contributed by atoms with Crippen molar-refractivity contribution in [3.63, 3.8) is 0 Å². The number of carbonyl (C=O) groups is 2. The Morgan fingerprint density at radius 1 is 1.14 bits per heavy atom. The Labute approximate surface area is 163 Å². The lowest BCUT2D eigenvalue weighted by atomic mass is 10.2. The van der Waals surface area contributed by atoms with Gasteiger partial charge in [0.2, 0.25) is 11.8 Å². The van der Waals surface area contributed by atoms with Crippen molar-refractivity contribution in [3.8, 4) is 0 Å². The minimum atomic E-state index is -0.255. The van der Waals surface area contributed by atoms with E-state index in [1.54, 1.807) is 11.8 Å². The van der Waals surface area contributed by atoms with Gasteiger partial charge in [0, 0.05) is 19.3 Å². The van der Waals surface area contributed by atoms with Crippen molar-refractivity contribution in [1.29, 1.82) is 0 Å². The van der Waals surface area contributed by atoms with E-state index in [1.165, 1.54) is 4.90 Å². The molecule has 2 amide bonds. The molecule has 0 bridgehead atoms. The Morgan fingerprint density at radius 3 is 2.64 bits per heavy atom. The smallest absolute Gasteiger partial charge is 0.249 e. The zero-order chi connectivity index (χ0) is 19.9. The Balaban J connectivity index is 1.79. The number of aromatic nitrogens is 3. The molecular formula is C20H23N5O3. The first-order chi connectivity index (χ1) is 13.6. The second-order valence-electron chi connectivity index (χ2n) is 6.39. The SMILES string of the molecule is COCCNC(=O)CN(C(=O)Cn1nnc2ccccc21)c1ccc(C)cc1. The van der Waals surface area contributed by atoms with E-state index in [0.29, 0.717) is 18.8 Å². The van der Waals surface area contributed by atoms with Crippen LogP contribution in [-0.4, -0.2) is 53.6 Å². The fourth-order valence-corrected chi connectivity index (χ4v) is 2.79. The van der Waals surface area contributed by atoms with Crippen LogP contribution in [0, 0.1) is 6.92 Å². The van der Waals surface area contributed by atoms with Gasteiger partial charge in [-0.05, 0) is 31.2 Å². The lowest BCUT2D eigenvalue weighted by Crippen LogP contribution is -2.43. The molecule has 0 spiro atoms. The fourth-order valence-electron chi connectivity index (χ4n) is 2.79. The third-order valence-electron chi connectivity index (χ3n) is 4.28. The summed E-state index contributed by atoms with van der Waals surface area (Å²) in [6.45, 7) is 2.67. The van der Waals surface area contributed by atoms with Crippen LogP contribution in [0.4, 0.5) is 5.69 Å². The maximum absolute atomic E-state index is 13.0. The summed E-state index contributed by atoms with van der Waals surface area (Å²) in [5.41, 5.74) is 3.21. The number of hydrogen-bond donors (Lipinski definition) is 1. The van der Waals surface area contributed by atoms with Gasteiger partial charge in [-0.3, -0.25) is 9.59 Å². The summed E-state index contributed by atoms with van der Waals surface area (Å²) in [6.07, 6.45) is 0. The Bertz CT molecular complexity index is 952. The molecule has 8 nitrogen and oxygen atoms in total. The van der Waals surface area contributed by atoms with Gasteiger partial charge in [0.15, 0.2) is 0 Å². The first-order valence-electron chi connectivity index (χ1n) is 8.99. The van der Waals surface area contributed by atoms with Crippen molar-refractivity contribution >= 4 is 28.5 Å². The second-order valence-corrected chi connectivity index (χ2v) is 6.39. The second kappa shape index (κ2) is 9.09. The van der Waals surface area contributed by atoms with Gasteiger partial charge in [0.1, 0.15) is 18.6 Å². The van der Waals surface area contributed by atoms with Crippen molar-refractivity contribution in [2.45, 2.75) is 13.5 Å². The number of nitrogens with zero attached hydrogens (tertiary/aromatic N) is 4. The fraction of sp³-hybridized carbons (Fsp3) is 0.300.